The fourth-order valence-electron chi connectivity index (χ4n) is 3.16. The topological polar surface area (TPSA) is 48.8 Å². The molecule has 0 bridgehead atoms. The number of hydrogen-bond acceptors (Lipinski definition) is 2. The second kappa shape index (κ2) is 5.43. The molecule has 0 saturated carbocycles. The number of H-pyrrole nitrogens is 1. The minimum Gasteiger partial charge on any atom is -0.497 e. The Balaban J connectivity index is 2.00. The number of ether oxygens (including phenoxy) is 1. The fraction of sp³-hybridized carbons (Fsp3) is 0.0952. The molecule has 3 nitrogen and oxygen atoms in total. The smallest absolute Gasteiger partial charge is 0.118 e. The van der Waals surface area contributed by atoms with E-state index < -0.39 is 0 Å². The van der Waals surface area contributed by atoms with Crippen LogP contribution in [-0.4, -0.2) is 12.1 Å². The molecule has 1 aromatic heterocycles. The van der Waals surface area contributed by atoms with Crippen molar-refractivity contribution in [3.05, 3.63) is 65.7 Å². The van der Waals surface area contributed by atoms with Crippen molar-refractivity contribution in [3.8, 4) is 22.9 Å². The summed E-state index contributed by atoms with van der Waals surface area (Å²) in [6.07, 6.45) is 0. The van der Waals surface area contributed by atoms with E-state index in [0.717, 1.165) is 38.7 Å². The summed E-state index contributed by atoms with van der Waals surface area (Å²) in [6, 6.07) is 20.6. The van der Waals surface area contributed by atoms with Gasteiger partial charge < -0.3 is 9.72 Å². The highest BCUT2D eigenvalue weighted by Crippen LogP contribution is 2.33. The molecule has 3 heteroatoms. The SMILES string of the molecule is COc1ccc(-c2cc(C#N)c3[nH]c4cc(C)ccc4c3c2)cc1. The van der Waals surface area contributed by atoms with Crippen LogP contribution in [0.5, 0.6) is 5.75 Å². The molecule has 1 heterocycles. The van der Waals surface area contributed by atoms with Gasteiger partial charge >= 0.3 is 0 Å². The van der Waals surface area contributed by atoms with Crippen LogP contribution in [0.3, 0.4) is 0 Å². The third kappa shape index (κ3) is 2.21. The first-order chi connectivity index (χ1) is 11.7. The van der Waals surface area contributed by atoms with Crippen LogP contribution in [0.4, 0.5) is 0 Å². The number of aryl methyl sites for hydroxylation is 1. The third-order valence-electron chi connectivity index (χ3n) is 4.41. The second-order valence-electron chi connectivity index (χ2n) is 5.96. The quantitative estimate of drug-likeness (QED) is 0.554. The van der Waals surface area contributed by atoms with Crippen molar-refractivity contribution >= 4 is 21.8 Å². The van der Waals surface area contributed by atoms with Crippen LogP contribution in [0.25, 0.3) is 32.9 Å². The predicted molar refractivity (Wildman–Crippen MR) is 97.2 cm³/mol. The van der Waals surface area contributed by atoms with E-state index in [2.05, 4.69) is 42.2 Å². The van der Waals surface area contributed by atoms with Gasteiger partial charge in [0.15, 0.2) is 0 Å². The summed E-state index contributed by atoms with van der Waals surface area (Å²) >= 11 is 0. The van der Waals surface area contributed by atoms with Gasteiger partial charge in [0.2, 0.25) is 0 Å². The van der Waals surface area contributed by atoms with E-state index in [0.29, 0.717) is 5.56 Å². The molecule has 0 saturated heterocycles. The Morgan fingerprint density at radius 1 is 0.917 bits per heavy atom. The molecule has 0 fully saturated rings. The number of aromatic nitrogens is 1. The standard InChI is InChI=1S/C21H16N2O/c1-13-3-8-18-19-11-15(14-4-6-17(24-2)7-5-14)10-16(12-22)21(19)23-20(18)9-13/h3-11,23H,1-2H3. The highest BCUT2D eigenvalue weighted by Gasteiger charge is 2.11. The van der Waals surface area contributed by atoms with Crippen molar-refractivity contribution in [1.29, 1.82) is 5.26 Å². The van der Waals surface area contributed by atoms with Crippen LogP contribution >= 0.6 is 0 Å². The average molecular weight is 312 g/mol. The molecule has 0 aliphatic heterocycles. The number of rotatable bonds is 2. The van der Waals surface area contributed by atoms with Crippen LogP contribution in [-0.2, 0) is 0 Å². The highest BCUT2D eigenvalue weighted by molar-refractivity contribution is 6.10. The number of nitriles is 1. The predicted octanol–water partition coefficient (Wildman–Crippen LogP) is 5.18. The van der Waals surface area contributed by atoms with Crippen LogP contribution in [0, 0.1) is 18.3 Å². The zero-order chi connectivity index (χ0) is 16.7. The first-order valence-electron chi connectivity index (χ1n) is 7.80. The Hall–Kier alpha value is -3.25. The summed E-state index contributed by atoms with van der Waals surface area (Å²) in [5.41, 5.74) is 5.91. The molecular weight excluding hydrogens is 296 g/mol. The number of benzene rings is 3. The second-order valence-corrected chi connectivity index (χ2v) is 5.96. The van der Waals surface area contributed by atoms with Crippen LogP contribution < -0.4 is 4.74 Å². The fourth-order valence-corrected chi connectivity index (χ4v) is 3.16. The molecule has 0 radical (unpaired) electrons. The molecule has 0 amide bonds. The monoisotopic (exact) mass is 312 g/mol. The van der Waals surface area contributed by atoms with Gasteiger partial charge in [0.1, 0.15) is 11.8 Å². The van der Waals surface area contributed by atoms with Crippen molar-refractivity contribution in [2.75, 3.05) is 7.11 Å². The molecule has 0 unspecified atom stereocenters. The van der Waals surface area contributed by atoms with E-state index in [1.165, 1.54) is 5.56 Å². The van der Waals surface area contributed by atoms with Gasteiger partial charge in [-0.05, 0) is 53.9 Å². The van der Waals surface area contributed by atoms with Gasteiger partial charge in [-0.2, -0.15) is 5.26 Å². The first kappa shape index (κ1) is 14.3. The van der Waals surface area contributed by atoms with Gasteiger partial charge in [-0.1, -0.05) is 24.3 Å². The molecule has 4 aromatic rings. The lowest BCUT2D eigenvalue weighted by molar-refractivity contribution is 0.415. The summed E-state index contributed by atoms with van der Waals surface area (Å²) in [5, 5.41) is 11.8. The van der Waals surface area contributed by atoms with Gasteiger partial charge in [-0.15, -0.1) is 0 Å². The molecule has 24 heavy (non-hydrogen) atoms. The normalized spacial score (nSPS) is 10.9. The summed E-state index contributed by atoms with van der Waals surface area (Å²) in [6.45, 7) is 2.07. The van der Waals surface area contributed by atoms with E-state index in [9.17, 15) is 5.26 Å². The molecule has 0 atom stereocenters. The van der Waals surface area contributed by atoms with E-state index in [4.69, 9.17) is 4.74 Å². The number of aromatic amines is 1. The highest BCUT2D eigenvalue weighted by atomic mass is 16.5. The van der Waals surface area contributed by atoms with Gasteiger partial charge in [-0.3, -0.25) is 0 Å². The number of methoxy groups -OCH3 is 1. The van der Waals surface area contributed by atoms with E-state index in [1.54, 1.807) is 7.11 Å². The lowest BCUT2D eigenvalue weighted by atomic mass is 9.99. The average Bonchev–Trinajstić information content (AvgIpc) is 2.98. The van der Waals surface area contributed by atoms with Gasteiger partial charge in [0.25, 0.3) is 0 Å². The lowest BCUT2D eigenvalue weighted by Gasteiger charge is -2.05. The largest absolute Gasteiger partial charge is 0.497 e. The zero-order valence-corrected chi connectivity index (χ0v) is 13.6. The Morgan fingerprint density at radius 3 is 2.42 bits per heavy atom. The maximum Gasteiger partial charge on any atom is 0.118 e. The molecule has 4 rings (SSSR count). The van der Waals surface area contributed by atoms with Crippen LogP contribution in [0.15, 0.2) is 54.6 Å². The van der Waals surface area contributed by atoms with Gasteiger partial charge in [0, 0.05) is 16.3 Å². The minimum atomic E-state index is 0.659. The minimum absolute atomic E-state index is 0.659. The van der Waals surface area contributed by atoms with Crippen LogP contribution in [0.2, 0.25) is 0 Å². The Kier molecular flexibility index (Phi) is 3.25. The number of fused-ring (bicyclic) bond motifs is 3. The van der Waals surface area contributed by atoms with Crippen molar-refractivity contribution in [1.82, 2.24) is 4.98 Å². The Morgan fingerprint density at radius 2 is 1.71 bits per heavy atom. The number of nitrogens with zero attached hydrogens (tertiary/aromatic N) is 1. The summed E-state index contributed by atoms with van der Waals surface area (Å²) in [5.74, 6) is 0.822. The molecule has 1 N–H and O–H groups in total. The third-order valence-corrected chi connectivity index (χ3v) is 4.41. The van der Waals surface area contributed by atoms with Crippen molar-refractivity contribution in [2.45, 2.75) is 6.92 Å². The van der Waals surface area contributed by atoms with E-state index in [-0.39, 0.29) is 0 Å². The van der Waals surface area contributed by atoms with Gasteiger partial charge in [0.05, 0.1) is 18.2 Å². The molecule has 3 aromatic carbocycles. The lowest BCUT2D eigenvalue weighted by Crippen LogP contribution is -1.85. The Labute approximate surface area is 140 Å². The summed E-state index contributed by atoms with van der Waals surface area (Å²) in [7, 11) is 1.66. The summed E-state index contributed by atoms with van der Waals surface area (Å²) in [4.78, 5) is 3.39. The molecule has 0 aliphatic rings. The molecule has 116 valence electrons. The zero-order valence-electron chi connectivity index (χ0n) is 13.6. The van der Waals surface area contributed by atoms with E-state index in [1.807, 2.05) is 30.3 Å². The number of hydrogen-bond donors (Lipinski definition) is 1. The Bertz CT molecular complexity index is 1100. The van der Waals surface area contributed by atoms with E-state index >= 15 is 0 Å². The summed E-state index contributed by atoms with van der Waals surface area (Å²) < 4.78 is 5.22. The van der Waals surface area contributed by atoms with Crippen molar-refractivity contribution in [3.63, 3.8) is 0 Å². The first-order valence-corrected chi connectivity index (χ1v) is 7.80. The van der Waals surface area contributed by atoms with Gasteiger partial charge in [-0.25, -0.2) is 0 Å². The van der Waals surface area contributed by atoms with Crippen molar-refractivity contribution in [2.24, 2.45) is 0 Å². The van der Waals surface area contributed by atoms with Crippen molar-refractivity contribution < 1.29 is 4.74 Å². The molecular formula is C21H16N2O. The maximum atomic E-state index is 9.58. The van der Waals surface area contributed by atoms with Crippen LogP contribution in [0.1, 0.15) is 11.1 Å². The number of nitrogens with one attached hydrogen (secondary N) is 1. The molecule has 0 aliphatic carbocycles. The maximum absolute atomic E-state index is 9.58. The molecule has 0 spiro atoms.